The second-order valence-electron chi connectivity index (χ2n) is 4.67. The summed E-state index contributed by atoms with van der Waals surface area (Å²) in [6.07, 6.45) is 1.77. The van der Waals surface area contributed by atoms with Gasteiger partial charge in [0.2, 0.25) is 0 Å². The van der Waals surface area contributed by atoms with E-state index in [1.54, 1.807) is 18.3 Å². The van der Waals surface area contributed by atoms with Gasteiger partial charge in [-0.05, 0) is 36.9 Å². The zero-order chi connectivity index (χ0) is 14.5. The van der Waals surface area contributed by atoms with Crippen LogP contribution in [0.3, 0.4) is 0 Å². The Labute approximate surface area is 123 Å². The fourth-order valence-corrected chi connectivity index (χ4v) is 2.15. The molecular formula is C15H16FN3S. The van der Waals surface area contributed by atoms with Gasteiger partial charge in [-0.25, -0.2) is 4.39 Å². The highest BCUT2D eigenvalue weighted by Gasteiger charge is 2.08. The van der Waals surface area contributed by atoms with Gasteiger partial charge in [-0.2, -0.15) is 0 Å². The minimum Gasteiger partial charge on any atom is -0.389 e. The molecule has 3 nitrogen and oxygen atoms in total. The van der Waals surface area contributed by atoms with Gasteiger partial charge < -0.3 is 5.73 Å². The SMILES string of the molecule is CN(Cc1ccc(F)c(C(N)=S)c1)Cc1ccccn1. The highest BCUT2D eigenvalue weighted by Crippen LogP contribution is 2.13. The van der Waals surface area contributed by atoms with Crippen LogP contribution < -0.4 is 5.73 Å². The summed E-state index contributed by atoms with van der Waals surface area (Å²) in [6.45, 7) is 1.40. The summed E-state index contributed by atoms with van der Waals surface area (Å²) < 4.78 is 13.5. The molecule has 0 spiro atoms. The molecule has 1 aromatic carbocycles. The van der Waals surface area contributed by atoms with Crippen LogP contribution in [0.2, 0.25) is 0 Å². The molecule has 0 aliphatic carbocycles. The number of nitrogens with two attached hydrogens (primary N) is 1. The van der Waals surface area contributed by atoms with E-state index in [0.29, 0.717) is 12.1 Å². The molecule has 0 aliphatic rings. The molecule has 2 N–H and O–H groups in total. The topological polar surface area (TPSA) is 42.1 Å². The summed E-state index contributed by atoms with van der Waals surface area (Å²) in [6, 6.07) is 10.7. The van der Waals surface area contributed by atoms with E-state index in [0.717, 1.165) is 17.8 Å². The number of pyridine rings is 1. The largest absolute Gasteiger partial charge is 0.389 e. The Bertz CT molecular complexity index is 601. The molecule has 0 atom stereocenters. The molecule has 2 aromatic rings. The van der Waals surface area contributed by atoms with Crippen LogP contribution >= 0.6 is 12.2 Å². The molecule has 2 rings (SSSR count). The van der Waals surface area contributed by atoms with E-state index in [2.05, 4.69) is 9.88 Å². The fraction of sp³-hybridized carbons (Fsp3) is 0.200. The van der Waals surface area contributed by atoms with Crippen LogP contribution in [0.5, 0.6) is 0 Å². The molecule has 0 saturated heterocycles. The maximum absolute atomic E-state index is 13.5. The van der Waals surface area contributed by atoms with Crippen LogP contribution in [0.15, 0.2) is 42.6 Å². The molecule has 0 saturated carbocycles. The molecule has 1 heterocycles. The minimum absolute atomic E-state index is 0.0803. The summed E-state index contributed by atoms with van der Waals surface area (Å²) in [5.41, 5.74) is 7.76. The molecule has 104 valence electrons. The van der Waals surface area contributed by atoms with E-state index in [4.69, 9.17) is 18.0 Å². The predicted molar refractivity (Wildman–Crippen MR) is 81.7 cm³/mol. The van der Waals surface area contributed by atoms with Crippen molar-refractivity contribution in [2.24, 2.45) is 5.73 Å². The van der Waals surface area contributed by atoms with E-state index in [9.17, 15) is 4.39 Å². The van der Waals surface area contributed by atoms with Crippen molar-refractivity contribution in [3.63, 3.8) is 0 Å². The predicted octanol–water partition coefficient (Wildman–Crippen LogP) is 2.49. The first-order valence-electron chi connectivity index (χ1n) is 6.23. The third kappa shape index (κ3) is 3.82. The van der Waals surface area contributed by atoms with Gasteiger partial charge in [-0.15, -0.1) is 0 Å². The van der Waals surface area contributed by atoms with Gasteiger partial charge >= 0.3 is 0 Å². The van der Waals surface area contributed by atoms with Crippen molar-refractivity contribution in [2.75, 3.05) is 7.05 Å². The van der Waals surface area contributed by atoms with Crippen molar-refractivity contribution in [1.82, 2.24) is 9.88 Å². The van der Waals surface area contributed by atoms with Crippen molar-refractivity contribution < 1.29 is 4.39 Å². The first-order valence-corrected chi connectivity index (χ1v) is 6.64. The van der Waals surface area contributed by atoms with Gasteiger partial charge in [-0.3, -0.25) is 9.88 Å². The van der Waals surface area contributed by atoms with Crippen molar-refractivity contribution >= 4 is 17.2 Å². The lowest BCUT2D eigenvalue weighted by molar-refractivity contribution is 0.315. The number of aromatic nitrogens is 1. The quantitative estimate of drug-likeness (QED) is 0.859. The lowest BCUT2D eigenvalue weighted by Gasteiger charge is -2.16. The van der Waals surface area contributed by atoms with E-state index in [1.807, 2.05) is 25.2 Å². The fourth-order valence-electron chi connectivity index (χ4n) is 2.00. The number of thiocarbonyl (C=S) groups is 1. The molecule has 1 aromatic heterocycles. The standard InChI is InChI=1S/C15H16FN3S/c1-19(10-12-4-2-3-7-18-12)9-11-5-6-14(16)13(8-11)15(17)20/h2-8H,9-10H2,1H3,(H2,17,20). The molecule has 5 heteroatoms. The molecule has 0 bridgehead atoms. The number of nitrogens with zero attached hydrogens (tertiary/aromatic N) is 2. The molecule has 0 amide bonds. The van der Waals surface area contributed by atoms with E-state index < -0.39 is 0 Å². The average molecular weight is 289 g/mol. The van der Waals surface area contributed by atoms with Crippen molar-refractivity contribution in [2.45, 2.75) is 13.1 Å². The lowest BCUT2D eigenvalue weighted by Crippen LogP contribution is -2.19. The third-order valence-electron chi connectivity index (χ3n) is 2.91. The van der Waals surface area contributed by atoms with Crippen LogP contribution in [-0.4, -0.2) is 21.9 Å². The van der Waals surface area contributed by atoms with Crippen LogP contribution in [-0.2, 0) is 13.1 Å². The summed E-state index contributed by atoms with van der Waals surface area (Å²) in [7, 11) is 1.98. The van der Waals surface area contributed by atoms with Gasteiger partial charge in [0.05, 0.1) is 5.69 Å². The number of hydrogen-bond acceptors (Lipinski definition) is 3. The van der Waals surface area contributed by atoms with Gasteiger partial charge in [0.15, 0.2) is 0 Å². The molecule has 20 heavy (non-hydrogen) atoms. The lowest BCUT2D eigenvalue weighted by atomic mass is 10.1. The maximum Gasteiger partial charge on any atom is 0.133 e. The van der Waals surface area contributed by atoms with Gasteiger partial charge in [0.25, 0.3) is 0 Å². The maximum atomic E-state index is 13.5. The Morgan fingerprint density at radius 2 is 2.10 bits per heavy atom. The molecule has 0 unspecified atom stereocenters. The van der Waals surface area contributed by atoms with E-state index in [1.165, 1.54) is 6.07 Å². The first kappa shape index (κ1) is 14.6. The Balaban J connectivity index is 2.06. The van der Waals surface area contributed by atoms with Gasteiger partial charge in [0, 0.05) is 24.8 Å². The summed E-state index contributed by atoms with van der Waals surface area (Å²) in [5.74, 6) is -0.381. The minimum atomic E-state index is -0.381. The van der Waals surface area contributed by atoms with Crippen LogP contribution in [0.1, 0.15) is 16.8 Å². The van der Waals surface area contributed by atoms with Crippen molar-refractivity contribution in [3.05, 3.63) is 65.2 Å². The van der Waals surface area contributed by atoms with Crippen LogP contribution in [0, 0.1) is 5.82 Å². The smallest absolute Gasteiger partial charge is 0.133 e. The summed E-state index contributed by atoms with van der Waals surface area (Å²) in [5, 5.41) is 0. The van der Waals surface area contributed by atoms with E-state index >= 15 is 0 Å². The Hall–Kier alpha value is -1.85. The highest BCUT2D eigenvalue weighted by molar-refractivity contribution is 7.80. The zero-order valence-corrected chi connectivity index (χ0v) is 12.0. The van der Waals surface area contributed by atoms with Crippen LogP contribution in [0.4, 0.5) is 4.39 Å². The highest BCUT2D eigenvalue weighted by atomic mass is 32.1. The third-order valence-corrected chi connectivity index (χ3v) is 3.13. The number of rotatable bonds is 5. The number of hydrogen-bond donors (Lipinski definition) is 1. The average Bonchev–Trinajstić information content (AvgIpc) is 2.41. The summed E-state index contributed by atoms with van der Waals surface area (Å²) in [4.78, 5) is 6.45. The van der Waals surface area contributed by atoms with Gasteiger partial charge in [-0.1, -0.05) is 24.4 Å². The second-order valence-corrected chi connectivity index (χ2v) is 5.11. The monoisotopic (exact) mass is 289 g/mol. The molecular weight excluding hydrogens is 273 g/mol. The normalized spacial score (nSPS) is 10.8. The Kier molecular flexibility index (Phi) is 4.76. The molecule has 0 fully saturated rings. The first-order chi connectivity index (χ1) is 9.56. The van der Waals surface area contributed by atoms with Gasteiger partial charge in [0.1, 0.15) is 10.8 Å². The second kappa shape index (κ2) is 6.54. The number of benzene rings is 1. The Morgan fingerprint density at radius 3 is 2.75 bits per heavy atom. The van der Waals surface area contributed by atoms with Crippen molar-refractivity contribution in [3.8, 4) is 0 Å². The van der Waals surface area contributed by atoms with Crippen LogP contribution in [0.25, 0.3) is 0 Å². The summed E-state index contributed by atoms with van der Waals surface area (Å²) >= 11 is 4.84. The zero-order valence-electron chi connectivity index (χ0n) is 11.2. The van der Waals surface area contributed by atoms with E-state index in [-0.39, 0.29) is 10.8 Å². The Morgan fingerprint density at radius 1 is 1.30 bits per heavy atom. The molecule has 0 aliphatic heterocycles. The van der Waals surface area contributed by atoms with Crippen molar-refractivity contribution in [1.29, 1.82) is 0 Å². The molecule has 0 radical (unpaired) electrons. The number of halogens is 1.